The van der Waals surface area contributed by atoms with E-state index in [1.54, 1.807) is 19.1 Å². The number of aryl methyl sites for hydroxylation is 1. The van der Waals surface area contributed by atoms with Crippen molar-refractivity contribution < 1.29 is 8.42 Å². The molecular weight excluding hydrogens is 286 g/mol. The van der Waals surface area contributed by atoms with E-state index < -0.39 is 10.0 Å². The smallest absolute Gasteiger partial charge is 0.240 e. The van der Waals surface area contributed by atoms with Crippen LogP contribution in [0.3, 0.4) is 0 Å². The Morgan fingerprint density at radius 2 is 1.95 bits per heavy atom. The van der Waals surface area contributed by atoms with E-state index in [-0.39, 0.29) is 10.3 Å². The number of piperidine rings is 1. The molecule has 1 aliphatic rings. The maximum atomic E-state index is 12.5. The van der Waals surface area contributed by atoms with E-state index in [9.17, 15) is 8.42 Å². The van der Waals surface area contributed by atoms with E-state index in [1.165, 1.54) is 6.07 Å². The minimum absolute atomic E-state index is 0.0216. The number of likely N-dealkylation sites (tertiary alicyclic amines) is 1. The number of nitrogens with zero attached hydrogens (tertiary/aromatic N) is 1. The van der Waals surface area contributed by atoms with Gasteiger partial charge in [-0.1, -0.05) is 13.0 Å². The number of anilines is 1. The predicted molar refractivity (Wildman–Crippen MR) is 85.6 cm³/mol. The van der Waals surface area contributed by atoms with Crippen molar-refractivity contribution in [2.75, 3.05) is 32.4 Å². The van der Waals surface area contributed by atoms with Crippen molar-refractivity contribution in [1.82, 2.24) is 9.62 Å². The summed E-state index contributed by atoms with van der Waals surface area (Å²) in [4.78, 5) is 2.55. The monoisotopic (exact) mass is 311 g/mol. The van der Waals surface area contributed by atoms with Crippen LogP contribution in [0.15, 0.2) is 23.1 Å². The lowest BCUT2D eigenvalue weighted by molar-refractivity contribution is 0.143. The van der Waals surface area contributed by atoms with Gasteiger partial charge in [-0.15, -0.1) is 0 Å². The first-order valence-electron chi connectivity index (χ1n) is 7.26. The molecule has 0 amide bonds. The van der Waals surface area contributed by atoms with Gasteiger partial charge in [0.2, 0.25) is 10.0 Å². The maximum Gasteiger partial charge on any atom is 0.240 e. The van der Waals surface area contributed by atoms with Crippen molar-refractivity contribution in [2.45, 2.75) is 31.6 Å². The number of rotatable bonds is 4. The zero-order valence-electron chi connectivity index (χ0n) is 13.0. The Labute approximate surface area is 127 Å². The summed E-state index contributed by atoms with van der Waals surface area (Å²) in [5.74, 6) is 0. The van der Waals surface area contributed by atoms with Crippen molar-refractivity contribution in [3.63, 3.8) is 0 Å². The minimum atomic E-state index is -3.51. The van der Waals surface area contributed by atoms with Crippen LogP contribution in [0.4, 0.5) is 5.69 Å². The Balaban J connectivity index is 2.09. The van der Waals surface area contributed by atoms with Crippen molar-refractivity contribution in [1.29, 1.82) is 0 Å². The van der Waals surface area contributed by atoms with Crippen LogP contribution in [0, 0.1) is 12.3 Å². The average molecular weight is 311 g/mol. The molecule has 1 fully saturated rings. The minimum Gasteiger partial charge on any atom is -0.399 e. The second-order valence-corrected chi connectivity index (χ2v) is 8.20. The molecule has 21 heavy (non-hydrogen) atoms. The van der Waals surface area contributed by atoms with Gasteiger partial charge in [-0.25, -0.2) is 13.1 Å². The van der Waals surface area contributed by atoms with Crippen LogP contribution in [0.1, 0.15) is 25.3 Å². The molecule has 0 unspecified atom stereocenters. The van der Waals surface area contributed by atoms with Gasteiger partial charge >= 0.3 is 0 Å². The topological polar surface area (TPSA) is 75.4 Å². The van der Waals surface area contributed by atoms with Crippen LogP contribution >= 0.6 is 0 Å². The van der Waals surface area contributed by atoms with E-state index in [1.807, 2.05) is 0 Å². The second-order valence-electron chi connectivity index (χ2n) is 6.46. The first-order valence-corrected chi connectivity index (χ1v) is 8.75. The lowest BCUT2D eigenvalue weighted by Gasteiger charge is -2.37. The summed E-state index contributed by atoms with van der Waals surface area (Å²) in [6.45, 7) is 6.42. The fourth-order valence-electron chi connectivity index (χ4n) is 2.59. The first-order chi connectivity index (χ1) is 9.72. The Hall–Kier alpha value is -1.11. The number of hydrogen-bond donors (Lipinski definition) is 2. The summed E-state index contributed by atoms with van der Waals surface area (Å²) < 4.78 is 27.7. The average Bonchev–Trinajstić information content (AvgIpc) is 2.43. The SMILES string of the molecule is Cc1ccc(N)cc1S(=O)(=O)NCC1(C)CCN(C)CC1. The van der Waals surface area contributed by atoms with Crippen molar-refractivity contribution >= 4 is 15.7 Å². The lowest BCUT2D eigenvalue weighted by atomic mass is 9.81. The van der Waals surface area contributed by atoms with Gasteiger partial charge in [-0.2, -0.15) is 0 Å². The van der Waals surface area contributed by atoms with Gasteiger partial charge in [0.1, 0.15) is 0 Å². The van der Waals surface area contributed by atoms with E-state index in [2.05, 4.69) is 23.6 Å². The number of hydrogen-bond acceptors (Lipinski definition) is 4. The largest absolute Gasteiger partial charge is 0.399 e. The molecule has 0 bridgehead atoms. The molecule has 0 saturated carbocycles. The molecule has 0 spiro atoms. The van der Waals surface area contributed by atoms with E-state index in [0.29, 0.717) is 17.8 Å². The summed E-state index contributed by atoms with van der Waals surface area (Å²) in [5.41, 5.74) is 6.91. The zero-order valence-corrected chi connectivity index (χ0v) is 13.8. The molecule has 1 aromatic carbocycles. The molecular formula is C15H25N3O2S. The van der Waals surface area contributed by atoms with Crippen LogP contribution in [-0.4, -0.2) is 40.0 Å². The van der Waals surface area contributed by atoms with Crippen molar-refractivity contribution in [2.24, 2.45) is 5.41 Å². The molecule has 1 aliphatic heterocycles. The Morgan fingerprint density at radius 3 is 2.57 bits per heavy atom. The summed E-state index contributed by atoms with van der Waals surface area (Å²) in [6.07, 6.45) is 2.00. The van der Waals surface area contributed by atoms with Crippen LogP contribution in [-0.2, 0) is 10.0 Å². The van der Waals surface area contributed by atoms with Gasteiger partial charge < -0.3 is 10.6 Å². The fraction of sp³-hybridized carbons (Fsp3) is 0.600. The standard InChI is InChI=1S/C15H25N3O2S/c1-12-4-5-13(16)10-14(12)21(19,20)17-11-15(2)6-8-18(3)9-7-15/h4-5,10,17H,6-9,11,16H2,1-3H3. The van der Waals surface area contributed by atoms with Gasteiger partial charge in [-0.3, -0.25) is 0 Å². The number of nitrogens with two attached hydrogens (primary N) is 1. The van der Waals surface area contributed by atoms with E-state index >= 15 is 0 Å². The summed E-state index contributed by atoms with van der Waals surface area (Å²) in [7, 11) is -1.41. The molecule has 2 rings (SSSR count). The third-order valence-corrected chi connectivity index (χ3v) is 5.93. The summed E-state index contributed by atoms with van der Waals surface area (Å²) in [5, 5.41) is 0. The number of sulfonamides is 1. The highest BCUT2D eigenvalue weighted by Crippen LogP contribution is 2.30. The Kier molecular flexibility index (Phi) is 4.60. The van der Waals surface area contributed by atoms with Crippen LogP contribution in [0.25, 0.3) is 0 Å². The maximum absolute atomic E-state index is 12.5. The summed E-state index contributed by atoms with van der Waals surface area (Å²) in [6, 6.07) is 4.97. The van der Waals surface area contributed by atoms with Gasteiger partial charge in [-0.05, 0) is 63.0 Å². The quantitative estimate of drug-likeness (QED) is 0.828. The highest BCUT2D eigenvalue weighted by Gasteiger charge is 2.30. The highest BCUT2D eigenvalue weighted by molar-refractivity contribution is 7.89. The molecule has 1 saturated heterocycles. The van der Waals surface area contributed by atoms with Crippen molar-refractivity contribution in [3.05, 3.63) is 23.8 Å². The molecule has 0 aromatic heterocycles. The van der Waals surface area contributed by atoms with Crippen LogP contribution in [0.5, 0.6) is 0 Å². The van der Waals surface area contributed by atoms with Crippen LogP contribution < -0.4 is 10.5 Å². The third-order valence-electron chi connectivity index (χ3n) is 4.38. The Bertz CT molecular complexity index is 605. The first kappa shape index (κ1) is 16.3. The predicted octanol–water partition coefficient (Wildman–Crippen LogP) is 1.59. The molecule has 1 heterocycles. The molecule has 5 nitrogen and oxygen atoms in total. The zero-order chi connectivity index (χ0) is 15.7. The van der Waals surface area contributed by atoms with Gasteiger partial charge in [0.25, 0.3) is 0 Å². The van der Waals surface area contributed by atoms with E-state index in [0.717, 1.165) is 25.9 Å². The number of nitrogens with one attached hydrogen (secondary N) is 1. The molecule has 0 atom stereocenters. The molecule has 0 radical (unpaired) electrons. The second kappa shape index (κ2) is 5.94. The molecule has 6 heteroatoms. The van der Waals surface area contributed by atoms with Gasteiger partial charge in [0, 0.05) is 12.2 Å². The van der Waals surface area contributed by atoms with Gasteiger partial charge in [0.05, 0.1) is 4.90 Å². The fourth-order valence-corrected chi connectivity index (χ4v) is 4.07. The van der Waals surface area contributed by atoms with Gasteiger partial charge in [0.15, 0.2) is 0 Å². The molecule has 0 aliphatic carbocycles. The molecule has 1 aromatic rings. The Morgan fingerprint density at radius 1 is 1.33 bits per heavy atom. The number of nitrogen functional groups attached to an aromatic ring is 1. The lowest BCUT2D eigenvalue weighted by Crippen LogP contribution is -2.43. The van der Waals surface area contributed by atoms with Crippen LogP contribution in [0.2, 0.25) is 0 Å². The summed E-state index contributed by atoms with van der Waals surface area (Å²) >= 11 is 0. The normalized spacial score (nSPS) is 19.6. The molecule has 3 N–H and O–H groups in total. The highest BCUT2D eigenvalue weighted by atomic mass is 32.2. The third kappa shape index (κ3) is 3.96. The van der Waals surface area contributed by atoms with E-state index in [4.69, 9.17) is 5.73 Å². The number of benzene rings is 1. The van der Waals surface area contributed by atoms with Crippen molar-refractivity contribution in [3.8, 4) is 0 Å². The molecule has 118 valence electrons.